The SMILES string of the molecule is CCOC(C)CNC(C)C(=O)NCCC(C)C. The number of hydrogen-bond donors (Lipinski definition) is 2. The molecule has 0 fully saturated rings. The lowest BCUT2D eigenvalue weighted by Gasteiger charge is -2.17. The Morgan fingerprint density at radius 1 is 1.24 bits per heavy atom. The maximum atomic E-state index is 11.7. The number of ether oxygens (including phenoxy) is 1. The van der Waals surface area contributed by atoms with E-state index in [0.717, 1.165) is 13.0 Å². The van der Waals surface area contributed by atoms with Crippen molar-refractivity contribution in [1.29, 1.82) is 0 Å². The average Bonchev–Trinajstić information content (AvgIpc) is 2.25. The summed E-state index contributed by atoms with van der Waals surface area (Å²) < 4.78 is 5.39. The van der Waals surface area contributed by atoms with E-state index in [1.807, 2.05) is 20.8 Å². The molecule has 0 rings (SSSR count). The summed E-state index contributed by atoms with van der Waals surface area (Å²) in [5.74, 6) is 0.686. The van der Waals surface area contributed by atoms with Gasteiger partial charge in [-0.05, 0) is 33.1 Å². The molecule has 0 radical (unpaired) electrons. The second-order valence-corrected chi connectivity index (χ2v) is 4.87. The molecule has 4 heteroatoms. The predicted octanol–water partition coefficient (Wildman–Crippen LogP) is 1.55. The number of hydrogen-bond acceptors (Lipinski definition) is 3. The Morgan fingerprint density at radius 3 is 2.41 bits per heavy atom. The van der Waals surface area contributed by atoms with Gasteiger partial charge in [0.05, 0.1) is 12.1 Å². The topological polar surface area (TPSA) is 50.4 Å². The van der Waals surface area contributed by atoms with Crippen LogP contribution in [0.25, 0.3) is 0 Å². The molecule has 1 amide bonds. The summed E-state index contributed by atoms with van der Waals surface area (Å²) in [5, 5.41) is 6.10. The number of amides is 1. The number of rotatable bonds is 9. The summed E-state index contributed by atoms with van der Waals surface area (Å²) in [6.45, 7) is 12.3. The Hall–Kier alpha value is -0.610. The normalized spacial score (nSPS) is 14.7. The van der Waals surface area contributed by atoms with Gasteiger partial charge in [0.15, 0.2) is 0 Å². The minimum Gasteiger partial charge on any atom is -0.377 e. The lowest BCUT2D eigenvalue weighted by Crippen LogP contribution is -2.45. The minimum absolute atomic E-state index is 0.0642. The van der Waals surface area contributed by atoms with Crippen molar-refractivity contribution in [3.8, 4) is 0 Å². The van der Waals surface area contributed by atoms with Gasteiger partial charge in [-0.15, -0.1) is 0 Å². The highest BCUT2D eigenvalue weighted by atomic mass is 16.5. The van der Waals surface area contributed by atoms with Crippen molar-refractivity contribution in [2.75, 3.05) is 19.7 Å². The Morgan fingerprint density at radius 2 is 1.88 bits per heavy atom. The molecular formula is C13H28N2O2. The van der Waals surface area contributed by atoms with E-state index in [1.165, 1.54) is 0 Å². The summed E-state index contributed by atoms with van der Waals surface area (Å²) in [5.41, 5.74) is 0. The van der Waals surface area contributed by atoms with E-state index in [9.17, 15) is 4.79 Å². The molecule has 0 aromatic rings. The highest BCUT2D eigenvalue weighted by molar-refractivity contribution is 5.81. The van der Waals surface area contributed by atoms with Crippen LogP contribution in [0.2, 0.25) is 0 Å². The van der Waals surface area contributed by atoms with Crippen molar-refractivity contribution in [3.63, 3.8) is 0 Å². The van der Waals surface area contributed by atoms with Crippen LogP contribution in [0.1, 0.15) is 41.0 Å². The van der Waals surface area contributed by atoms with Crippen molar-refractivity contribution >= 4 is 5.91 Å². The second kappa shape index (κ2) is 9.42. The molecule has 0 spiro atoms. The van der Waals surface area contributed by atoms with Crippen LogP contribution in [-0.2, 0) is 9.53 Å². The molecule has 0 saturated carbocycles. The Kier molecular flexibility index (Phi) is 9.09. The van der Waals surface area contributed by atoms with Crippen LogP contribution in [0.15, 0.2) is 0 Å². The lowest BCUT2D eigenvalue weighted by atomic mass is 10.1. The molecule has 102 valence electrons. The fourth-order valence-corrected chi connectivity index (χ4v) is 1.42. The molecule has 17 heavy (non-hydrogen) atoms. The van der Waals surface area contributed by atoms with E-state index < -0.39 is 0 Å². The Balaban J connectivity index is 3.67. The number of nitrogens with one attached hydrogen (secondary N) is 2. The van der Waals surface area contributed by atoms with Gasteiger partial charge in [-0.1, -0.05) is 13.8 Å². The molecule has 0 heterocycles. The third-order valence-electron chi connectivity index (χ3n) is 2.58. The van der Waals surface area contributed by atoms with Crippen molar-refractivity contribution in [1.82, 2.24) is 10.6 Å². The summed E-state index contributed by atoms with van der Waals surface area (Å²) >= 11 is 0. The first-order valence-electron chi connectivity index (χ1n) is 6.60. The summed E-state index contributed by atoms with van der Waals surface area (Å²) in [7, 11) is 0. The largest absolute Gasteiger partial charge is 0.377 e. The highest BCUT2D eigenvalue weighted by Gasteiger charge is 2.12. The van der Waals surface area contributed by atoms with Crippen LogP contribution < -0.4 is 10.6 Å². The molecule has 4 nitrogen and oxygen atoms in total. The molecule has 0 aliphatic heterocycles. The Bertz CT molecular complexity index is 208. The fraction of sp³-hybridized carbons (Fsp3) is 0.923. The molecular weight excluding hydrogens is 216 g/mol. The zero-order valence-electron chi connectivity index (χ0n) is 11.9. The summed E-state index contributed by atoms with van der Waals surface area (Å²) in [6.07, 6.45) is 1.17. The van der Waals surface area contributed by atoms with Gasteiger partial charge in [0.2, 0.25) is 5.91 Å². The molecule has 0 aliphatic carbocycles. The standard InChI is InChI=1S/C13H28N2O2/c1-6-17-11(4)9-15-12(5)13(16)14-8-7-10(2)3/h10-12,15H,6-9H2,1-5H3,(H,14,16). The molecule has 0 saturated heterocycles. The van der Waals surface area contributed by atoms with E-state index in [4.69, 9.17) is 4.74 Å². The molecule has 0 aromatic carbocycles. The maximum Gasteiger partial charge on any atom is 0.236 e. The van der Waals surface area contributed by atoms with Crippen LogP contribution >= 0.6 is 0 Å². The van der Waals surface area contributed by atoms with E-state index in [1.54, 1.807) is 0 Å². The summed E-state index contributed by atoms with van der Waals surface area (Å²) in [6, 6.07) is -0.162. The first kappa shape index (κ1) is 16.4. The van der Waals surface area contributed by atoms with Crippen molar-refractivity contribution < 1.29 is 9.53 Å². The molecule has 2 atom stereocenters. The zero-order chi connectivity index (χ0) is 13.3. The van der Waals surface area contributed by atoms with Crippen molar-refractivity contribution in [2.45, 2.75) is 53.2 Å². The molecule has 2 N–H and O–H groups in total. The van der Waals surface area contributed by atoms with Gasteiger partial charge in [-0.2, -0.15) is 0 Å². The molecule has 0 aliphatic rings. The third kappa shape index (κ3) is 9.12. The lowest BCUT2D eigenvalue weighted by molar-refractivity contribution is -0.122. The van der Waals surface area contributed by atoms with E-state index >= 15 is 0 Å². The monoisotopic (exact) mass is 244 g/mol. The average molecular weight is 244 g/mol. The summed E-state index contributed by atoms with van der Waals surface area (Å²) in [4.78, 5) is 11.7. The second-order valence-electron chi connectivity index (χ2n) is 4.87. The van der Waals surface area contributed by atoms with Gasteiger partial charge in [-0.3, -0.25) is 4.79 Å². The third-order valence-corrected chi connectivity index (χ3v) is 2.58. The quantitative estimate of drug-likeness (QED) is 0.647. The predicted molar refractivity (Wildman–Crippen MR) is 71.0 cm³/mol. The minimum atomic E-state index is -0.162. The zero-order valence-corrected chi connectivity index (χ0v) is 11.9. The fourth-order valence-electron chi connectivity index (χ4n) is 1.42. The van der Waals surface area contributed by atoms with Gasteiger partial charge in [0.25, 0.3) is 0 Å². The number of carbonyl (C=O) groups is 1. The van der Waals surface area contributed by atoms with Gasteiger partial charge < -0.3 is 15.4 Å². The smallest absolute Gasteiger partial charge is 0.236 e. The molecule has 2 unspecified atom stereocenters. The van der Waals surface area contributed by atoms with Gasteiger partial charge in [-0.25, -0.2) is 0 Å². The molecule has 0 bridgehead atoms. The maximum absolute atomic E-state index is 11.7. The van der Waals surface area contributed by atoms with Crippen LogP contribution in [0.3, 0.4) is 0 Å². The first-order chi connectivity index (χ1) is 7.97. The van der Waals surface area contributed by atoms with Crippen LogP contribution in [0.5, 0.6) is 0 Å². The van der Waals surface area contributed by atoms with Gasteiger partial charge in [0, 0.05) is 19.7 Å². The van der Waals surface area contributed by atoms with Gasteiger partial charge in [0.1, 0.15) is 0 Å². The van der Waals surface area contributed by atoms with Gasteiger partial charge >= 0.3 is 0 Å². The number of carbonyl (C=O) groups excluding carboxylic acids is 1. The molecule has 0 aromatic heterocycles. The van der Waals surface area contributed by atoms with E-state index in [0.29, 0.717) is 19.1 Å². The van der Waals surface area contributed by atoms with Crippen LogP contribution in [-0.4, -0.2) is 37.7 Å². The van der Waals surface area contributed by atoms with Crippen molar-refractivity contribution in [2.24, 2.45) is 5.92 Å². The van der Waals surface area contributed by atoms with Crippen LogP contribution in [0, 0.1) is 5.92 Å². The van der Waals surface area contributed by atoms with E-state index in [-0.39, 0.29) is 18.1 Å². The first-order valence-corrected chi connectivity index (χ1v) is 6.60. The van der Waals surface area contributed by atoms with Crippen molar-refractivity contribution in [3.05, 3.63) is 0 Å². The highest BCUT2D eigenvalue weighted by Crippen LogP contribution is 1.96. The van der Waals surface area contributed by atoms with Crippen LogP contribution in [0.4, 0.5) is 0 Å². The Labute approximate surface area is 105 Å². The van der Waals surface area contributed by atoms with E-state index in [2.05, 4.69) is 24.5 Å².